The van der Waals surface area contributed by atoms with Gasteiger partial charge in [0, 0.05) is 44.0 Å². The van der Waals surface area contributed by atoms with E-state index in [-0.39, 0.29) is 5.92 Å². The number of benzene rings is 1. The van der Waals surface area contributed by atoms with Gasteiger partial charge in [0.2, 0.25) is 10.0 Å². The van der Waals surface area contributed by atoms with Crippen molar-refractivity contribution in [2.24, 2.45) is 5.92 Å². The lowest BCUT2D eigenvalue weighted by atomic mass is 9.87. The van der Waals surface area contributed by atoms with E-state index < -0.39 is 26.9 Å². The highest BCUT2D eigenvalue weighted by Gasteiger charge is 2.56. The van der Waals surface area contributed by atoms with E-state index >= 15 is 0 Å². The van der Waals surface area contributed by atoms with Crippen molar-refractivity contribution in [3.05, 3.63) is 47.8 Å². The van der Waals surface area contributed by atoms with E-state index in [0.29, 0.717) is 25.4 Å². The van der Waals surface area contributed by atoms with Gasteiger partial charge >= 0.3 is 12.1 Å². The van der Waals surface area contributed by atoms with Crippen LogP contribution in [0.5, 0.6) is 0 Å². The molecule has 1 spiro atoms. The van der Waals surface area contributed by atoms with Crippen molar-refractivity contribution in [2.75, 3.05) is 23.9 Å². The third-order valence-electron chi connectivity index (χ3n) is 6.47. The molecule has 0 amide bonds. The Kier molecular flexibility index (Phi) is 8.09. The van der Waals surface area contributed by atoms with Crippen molar-refractivity contribution in [3.8, 4) is 0 Å². The first kappa shape index (κ1) is 28.0. The van der Waals surface area contributed by atoms with Gasteiger partial charge in [-0.3, -0.25) is 13.9 Å². The molecule has 1 aromatic heterocycles. The first-order valence-electron chi connectivity index (χ1n) is 11.9. The van der Waals surface area contributed by atoms with Crippen LogP contribution >= 0.6 is 0 Å². The third-order valence-corrected chi connectivity index (χ3v) is 9.02. The molecular weight excluding hydrogens is 497 g/mol. The molecule has 4 rings (SSSR count). The quantitative estimate of drug-likeness (QED) is 0.616. The molecule has 0 radical (unpaired) electrons. The molecule has 0 unspecified atom stereocenters. The van der Waals surface area contributed by atoms with E-state index in [9.17, 15) is 21.6 Å². The number of likely N-dealkylation sites (tertiary alicyclic amines) is 1. The number of aliphatic carboxylic acids is 1. The number of rotatable bonds is 5. The van der Waals surface area contributed by atoms with Crippen LogP contribution in [0.4, 0.5) is 18.9 Å². The van der Waals surface area contributed by atoms with Crippen molar-refractivity contribution >= 4 is 21.7 Å². The van der Waals surface area contributed by atoms with Crippen LogP contribution < -0.4 is 4.31 Å². The van der Waals surface area contributed by atoms with Crippen LogP contribution in [0.3, 0.4) is 0 Å². The molecule has 200 valence electrons. The van der Waals surface area contributed by atoms with Crippen molar-refractivity contribution in [1.82, 2.24) is 14.7 Å². The summed E-state index contributed by atoms with van der Waals surface area (Å²) in [5.41, 5.74) is 3.06. The second kappa shape index (κ2) is 10.4. The zero-order valence-electron chi connectivity index (χ0n) is 20.9. The Bertz CT molecular complexity index is 1170. The van der Waals surface area contributed by atoms with Crippen LogP contribution in [0.25, 0.3) is 0 Å². The number of carboxylic acids is 1. The van der Waals surface area contributed by atoms with Gasteiger partial charge in [-0.25, -0.2) is 13.2 Å². The van der Waals surface area contributed by atoms with Crippen LogP contribution in [0, 0.1) is 5.92 Å². The van der Waals surface area contributed by atoms with Crippen LogP contribution in [-0.4, -0.2) is 60.0 Å². The molecule has 36 heavy (non-hydrogen) atoms. The van der Waals surface area contributed by atoms with E-state index in [1.807, 2.05) is 35.1 Å². The topological polar surface area (TPSA) is 95.7 Å². The summed E-state index contributed by atoms with van der Waals surface area (Å²) in [7, 11) is -3.42. The fourth-order valence-corrected chi connectivity index (χ4v) is 7.17. The summed E-state index contributed by atoms with van der Waals surface area (Å²) in [5.74, 6) is -2.47. The van der Waals surface area contributed by atoms with E-state index in [0.717, 1.165) is 30.9 Å². The summed E-state index contributed by atoms with van der Waals surface area (Å²) in [6, 6.07) is 8.26. The van der Waals surface area contributed by atoms with Crippen LogP contribution in [-0.2, 0) is 26.1 Å². The first-order valence-corrected chi connectivity index (χ1v) is 13.3. The van der Waals surface area contributed by atoms with Gasteiger partial charge in [0.05, 0.1) is 11.9 Å². The monoisotopic (exact) mass is 530 g/mol. The Morgan fingerprint density at radius 3 is 2.22 bits per heavy atom. The fourth-order valence-electron chi connectivity index (χ4n) is 4.68. The molecule has 1 fully saturated rings. The number of aromatic nitrogens is 2. The number of anilines is 1. The number of para-hydroxylation sites is 1. The molecule has 3 heterocycles. The molecule has 1 aromatic carbocycles. The number of carbonyl (C=O) groups is 1. The lowest BCUT2D eigenvalue weighted by Crippen LogP contribution is -2.48. The summed E-state index contributed by atoms with van der Waals surface area (Å²) in [6.07, 6.45) is 0.218. The number of piperidine rings is 1. The fraction of sp³-hybridized carbons (Fsp3) is 0.583. The molecule has 2 aliphatic rings. The molecule has 2 aromatic rings. The third kappa shape index (κ3) is 5.54. The Morgan fingerprint density at radius 2 is 1.72 bits per heavy atom. The Morgan fingerprint density at radius 1 is 1.14 bits per heavy atom. The summed E-state index contributed by atoms with van der Waals surface area (Å²) < 4.78 is 62.0. The summed E-state index contributed by atoms with van der Waals surface area (Å²) in [4.78, 5) is 11.3. The second-order valence-electron chi connectivity index (χ2n) is 9.94. The number of halogens is 3. The Labute approximate surface area is 209 Å². The normalized spacial score (nSPS) is 18.9. The number of fused-ring (bicyclic) bond motifs is 2. The predicted octanol–water partition coefficient (Wildman–Crippen LogP) is 4.39. The van der Waals surface area contributed by atoms with Crippen molar-refractivity contribution < 1.29 is 31.5 Å². The highest BCUT2D eigenvalue weighted by Crippen LogP contribution is 2.52. The molecule has 0 aliphatic carbocycles. The van der Waals surface area contributed by atoms with Gasteiger partial charge in [-0.15, -0.1) is 0 Å². The molecule has 2 aliphatic heterocycles. The van der Waals surface area contributed by atoms with Crippen molar-refractivity contribution in [2.45, 2.75) is 64.0 Å². The molecule has 12 heteroatoms. The second-order valence-corrected chi connectivity index (χ2v) is 12.1. The molecule has 1 N–H and O–H groups in total. The number of hydrogen-bond donors (Lipinski definition) is 1. The molecular formula is C24H33F3N4O4S. The number of alkyl halides is 3. The Balaban J connectivity index is 0.000000454. The van der Waals surface area contributed by atoms with Crippen LogP contribution in [0.15, 0.2) is 36.7 Å². The standard InChI is InChI=1S/C22H32N4O2S.C2HF3O2/c1-17(2)14-26-21-8-6-5-7-20(21)22(29(26,27)28)9-11-24(12-10-22)15-19-13-23-25(16-19)18(3)4;3-2(4,5)1(6)7/h5-8,13,16-18H,9-12,14-15H2,1-4H3;(H,6,7). The minimum Gasteiger partial charge on any atom is -0.475 e. The lowest BCUT2D eigenvalue weighted by molar-refractivity contribution is -0.192. The maximum atomic E-state index is 13.7. The van der Waals surface area contributed by atoms with Crippen LogP contribution in [0.1, 0.15) is 57.7 Å². The lowest BCUT2D eigenvalue weighted by Gasteiger charge is -2.39. The van der Waals surface area contributed by atoms with Gasteiger partial charge in [0.1, 0.15) is 4.75 Å². The van der Waals surface area contributed by atoms with Gasteiger partial charge in [-0.1, -0.05) is 32.0 Å². The summed E-state index contributed by atoms with van der Waals surface area (Å²) in [5, 5.41) is 11.6. The maximum Gasteiger partial charge on any atom is 0.490 e. The molecule has 1 saturated heterocycles. The number of sulfonamides is 1. The van der Waals surface area contributed by atoms with Gasteiger partial charge in [-0.2, -0.15) is 18.3 Å². The number of nitrogens with zero attached hydrogens (tertiary/aromatic N) is 4. The highest BCUT2D eigenvalue weighted by atomic mass is 32.2. The Hall–Kier alpha value is -2.60. The van der Waals surface area contributed by atoms with E-state index in [2.05, 4.69) is 43.9 Å². The van der Waals surface area contributed by atoms with E-state index in [1.54, 1.807) is 4.31 Å². The number of hydrogen-bond acceptors (Lipinski definition) is 5. The van der Waals surface area contributed by atoms with Gasteiger partial charge in [-0.05, 0) is 44.2 Å². The SMILES string of the molecule is CC(C)CN1c2ccccc2C2(CCN(Cc3cnn(C(C)C)c3)CC2)S1(=O)=O.O=C(O)C(F)(F)F. The summed E-state index contributed by atoms with van der Waals surface area (Å²) in [6.45, 7) is 11.3. The van der Waals surface area contributed by atoms with Gasteiger partial charge in [0.15, 0.2) is 0 Å². The maximum absolute atomic E-state index is 13.7. The van der Waals surface area contributed by atoms with Gasteiger partial charge in [0.25, 0.3) is 0 Å². The van der Waals surface area contributed by atoms with Crippen molar-refractivity contribution in [3.63, 3.8) is 0 Å². The van der Waals surface area contributed by atoms with E-state index in [1.165, 1.54) is 5.56 Å². The molecule has 8 nitrogen and oxygen atoms in total. The highest BCUT2D eigenvalue weighted by molar-refractivity contribution is 7.94. The minimum atomic E-state index is -5.08. The van der Waals surface area contributed by atoms with Crippen molar-refractivity contribution in [1.29, 1.82) is 0 Å². The number of carboxylic acid groups (broad SMARTS) is 1. The first-order chi connectivity index (χ1) is 16.7. The van der Waals surface area contributed by atoms with Crippen LogP contribution in [0.2, 0.25) is 0 Å². The summed E-state index contributed by atoms with van der Waals surface area (Å²) >= 11 is 0. The zero-order chi connectivity index (χ0) is 26.9. The van der Waals surface area contributed by atoms with E-state index in [4.69, 9.17) is 9.90 Å². The average molecular weight is 531 g/mol. The zero-order valence-corrected chi connectivity index (χ0v) is 21.7. The molecule has 0 saturated carbocycles. The smallest absolute Gasteiger partial charge is 0.475 e. The average Bonchev–Trinajstić information content (AvgIpc) is 3.32. The predicted molar refractivity (Wildman–Crippen MR) is 130 cm³/mol. The minimum absolute atomic E-state index is 0.283. The molecule has 0 atom stereocenters. The van der Waals surface area contributed by atoms with Gasteiger partial charge < -0.3 is 5.11 Å². The molecule has 0 bridgehead atoms. The largest absolute Gasteiger partial charge is 0.490 e.